The fraction of sp³-hybridized carbons (Fsp3) is 0.467. The Kier molecular flexibility index (Phi) is 5.02. The summed E-state index contributed by atoms with van der Waals surface area (Å²) in [5.41, 5.74) is 1.10. The zero-order chi connectivity index (χ0) is 16.9. The summed E-state index contributed by atoms with van der Waals surface area (Å²) in [5, 5.41) is 24.7. The minimum Gasteiger partial charge on any atom is -0.390 e. The van der Waals surface area contributed by atoms with Crippen molar-refractivity contribution in [2.24, 2.45) is 0 Å². The van der Waals surface area contributed by atoms with Gasteiger partial charge in [-0.25, -0.2) is 0 Å². The molecule has 1 N–H and O–H groups in total. The number of β-amino-alcohol motifs (C(OH)–C–C–N with tert-alkyl or cyclic N) is 1. The first-order chi connectivity index (χ1) is 11.6. The SMILES string of the molecule is O=[N+]([O-])c1cnn(CC(O)CN2CCN(c3ccncc3)CC2)c1. The standard InChI is InChI=1S/C15H20N6O3/c22-15(12-20-10-14(9-17-20)21(23)24)11-18-5-7-19(8-6-18)13-1-3-16-4-2-13/h1-4,9-10,15,22H,5-8,11-12H2. The monoisotopic (exact) mass is 332 g/mol. The number of nitro groups is 1. The van der Waals surface area contributed by atoms with Crippen molar-refractivity contribution in [3.63, 3.8) is 0 Å². The molecule has 2 aromatic heterocycles. The highest BCUT2D eigenvalue weighted by atomic mass is 16.6. The number of rotatable bonds is 6. The fourth-order valence-corrected chi connectivity index (χ4v) is 2.86. The van der Waals surface area contributed by atoms with Crippen LogP contribution in [-0.4, -0.2) is 68.5 Å². The molecule has 24 heavy (non-hydrogen) atoms. The minimum absolute atomic E-state index is 0.0619. The predicted octanol–water partition coefficient (Wildman–Crippen LogP) is 0.369. The maximum atomic E-state index is 10.6. The van der Waals surface area contributed by atoms with Gasteiger partial charge in [-0.15, -0.1) is 0 Å². The Morgan fingerprint density at radius 1 is 1.21 bits per heavy atom. The highest BCUT2D eigenvalue weighted by molar-refractivity contribution is 5.44. The Hall–Kier alpha value is -2.52. The molecule has 1 fully saturated rings. The van der Waals surface area contributed by atoms with Gasteiger partial charge >= 0.3 is 5.69 Å². The molecule has 0 saturated carbocycles. The fourth-order valence-electron chi connectivity index (χ4n) is 2.86. The van der Waals surface area contributed by atoms with E-state index < -0.39 is 11.0 Å². The second kappa shape index (κ2) is 7.37. The summed E-state index contributed by atoms with van der Waals surface area (Å²) in [4.78, 5) is 18.7. The molecule has 9 nitrogen and oxygen atoms in total. The van der Waals surface area contributed by atoms with E-state index in [1.54, 1.807) is 12.4 Å². The van der Waals surface area contributed by atoms with E-state index >= 15 is 0 Å². The number of hydrogen-bond donors (Lipinski definition) is 1. The van der Waals surface area contributed by atoms with Crippen molar-refractivity contribution in [1.82, 2.24) is 19.7 Å². The quantitative estimate of drug-likeness (QED) is 0.602. The largest absolute Gasteiger partial charge is 0.390 e. The molecule has 0 aromatic carbocycles. The third-order valence-corrected chi connectivity index (χ3v) is 4.10. The smallest absolute Gasteiger partial charge is 0.306 e. The van der Waals surface area contributed by atoms with Crippen LogP contribution in [0.1, 0.15) is 0 Å². The number of piperazine rings is 1. The number of aliphatic hydroxyl groups excluding tert-OH is 1. The molecule has 0 spiro atoms. The molecule has 1 aliphatic rings. The van der Waals surface area contributed by atoms with Gasteiger partial charge in [0.1, 0.15) is 12.4 Å². The molecule has 0 amide bonds. The molecule has 1 atom stereocenters. The zero-order valence-electron chi connectivity index (χ0n) is 13.2. The Morgan fingerprint density at radius 2 is 1.92 bits per heavy atom. The zero-order valence-corrected chi connectivity index (χ0v) is 13.2. The molecule has 0 radical (unpaired) electrons. The van der Waals surface area contributed by atoms with Crippen LogP contribution in [0.5, 0.6) is 0 Å². The number of hydrogen-bond acceptors (Lipinski definition) is 7. The van der Waals surface area contributed by atoms with Gasteiger partial charge in [0.05, 0.1) is 17.6 Å². The van der Waals surface area contributed by atoms with Gasteiger partial charge in [-0.05, 0) is 12.1 Å². The van der Waals surface area contributed by atoms with Gasteiger partial charge in [0.15, 0.2) is 0 Å². The second-order valence-electron chi connectivity index (χ2n) is 5.82. The molecule has 3 rings (SSSR count). The van der Waals surface area contributed by atoms with E-state index in [2.05, 4.69) is 19.9 Å². The molecule has 128 valence electrons. The van der Waals surface area contributed by atoms with E-state index in [0.29, 0.717) is 6.54 Å². The van der Waals surface area contributed by atoms with Gasteiger partial charge in [0.25, 0.3) is 0 Å². The Balaban J connectivity index is 1.46. The van der Waals surface area contributed by atoms with E-state index in [1.807, 2.05) is 12.1 Å². The number of pyridine rings is 1. The van der Waals surface area contributed by atoms with Crippen LogP contribution in [0.4, 0.5) is 11.4 Å². The number of anilines is 1. The van der Waals surface area contributed by atoms with Crippen LogP contribution in [0.3, 0.4) is 0 Å². The normalized spacial score (nSPS) is 17.0. The summed E-state index contributed by atoms with van der Waals surface area (Å²) in [6.07, 6.45) is 5.49. The summed E-state index contributed by atoms with van der Waals surface area (Å²) in [6.45, 7) is 4.28. The molecule has 1 aliphatic heterocycles. The molecule has 0 aliphatic carbocycles. The molecule has 1 saturated heterocycles. The van der Waals surface area contributed by atoms with Gasteiger partial charge in [-0.2, -0.15) is 5.10 Å². The molecule has 1 unspecified atom stereocenters. The Labute approximate surface area is 139 Å². The number of aliphatic hydroxyl groups is 1. The molecule has 2 aromatic rings. The second-order valence-corrected chi connectivity index (χ2v) is 5.82. The van der Waals surface area contributed by atoms with Gasteiger partial charge in [0.2, 0.25) is 0 Å². The van der Waals surface area contributed by atoms with Crippen molar-refractivity contribution in [1.29, 1.82) is 0 Å². The van der Waals surface area contributed by atoms with Crippen LogP contribution < -0.4 is 4.90 Å². The van der Waals surface area contributed by atoms with Crippen LogP contribution in [0.15, 0.2) is 36.9 Å². The van der Waals surface area contributed by atoms with E-state index in [-0.39, 0.29) is 12.2 Å². The van der Waals surface area contributed by atoms with E-state index in [0.717, 1.165) is 31.9 Å². The van der Waals surface area contributed by atoms with Crippen molar-refractivity contribution >= 4 is 11.4 Å². The van der Waals surface area contributed by atoms with Crippen molar-refractivity contribution in [2.45, 2.75) is 12.6 Å². The molecule has 9 heteroatoms. The van der Waals surface area contributed by atoms with E-state index in [1.165, 1.54) is 17.1 Å². The van der Waals surface area contributed by atoms with Crippen LogP contribution in [0, 0.1) is 10.1 Å². The van der Waals surface area contributed by atoms with Gasteiger partial charge in [-0.1, -0.05) is 0 Å². The highest BCUT2D eigenvalue weighted by Crippen LogP contribution is 2.15. The van der Waals surface area contributed by atoms with Gasteiger partial charge in [-0.3, -0.25) is 24.7 Å². The average Bonchev–Trinajstić information content (AvgIpc) is 3.05. The van der Waals surface area contributed by atoms with Gasteiger partial charge in [0, 0.05) is 50.8 Å². The summed E-state index contributed by atoms with van der Waals surface area (Å²) >= 11 is 0. The summed E-state index contributed by atoms with van der Waals surface area (Å²) < 4.78 is 1.41. The highest BCUT2D eigenvalue weighted by Gasteiger charge is 2.20. The lowest BCUT2D eigenvalue weighted by Gasteiger charge is -2.36. The maximum Gasteiger partial charge on any atom is 0.306 e. The lowest BCUT2D eigenvalue weighted by Crippen LogP contribution is -2.49. The summed E-state index contributed by atoms with van der Waals surface area (Å²) in [5.74, 6) is 0. The molecular formula is C15H20N6O3. The Morgan fingerprint density at radius 3 is 2.54 bits per heavy atom. The third kappa shape index (κ3) is 4.06. The van der Waals surface area contributed by atoms with E-state index in [4.69, 9.17) is 0 Å². The summed E-state index contributed by atoms with van der Waals surface area (Å²) in [7, 11) is 0. The first kappa shape index (κ1) is 16.3. The maximum absolute atomic E-state index is 10.6. The first-order valence-electron chi connectivity index (χ1n) is 7.84. The average molecular weight is 332 g/mol. The van der Waals surface area contributed by atoms with Crippen molar-refractivity contribution in [3.05, 3.63) is 47.0 Å². The Bertz CT molecular complexity index is 669. The predicted molar refractivity (Wildman–Crippen MR) is 87.8 cm³/mol. The molecule has 0 bridgehead atoms. The lowest BCUT2D eigenvalue weighted by atomic mass is 10.2. The van der Waals surface area contributed by atoms with Crippen LogP contribution in [-0.2, 0) is 6.54 Å². The third-order valence-electron chi connectivity index (χ3n) is 4.10. The van der Waals surface area contributed by atoms with Crippen molar-refractivity contribution < 1.29 is 10.0 Å². The minimum atomic E-state index is -0.614. The van der Waals surface area contributed by atoms with Gasteiger partial charge < -0.3 is 10.0 Å². The summed E-state index contributed by atoms with van der Waals surface area (Å²) in [6, 6.07) is 3.99. The number of aromatic nitrogens is 3. The first-order valence-corrected chi connectivity index (χ1v) is 7.84. The molecule has 3 heterocycles. The van der Waals surface area contributed by atoms with Crippen molar-refractivity contribution in [2.75, 3.05) is 37.6 Å². The topological polar surface area (TPSA) is 101 Å². The molecular weight excluding hydrogens is 312 g/mol. The van der Waals surface area contributed by atoms with E-state index in [9.17, 15) is 15.2 Å². The van der Waals surface area contributed by atoms with Crippen LogP contribution in [0.25, 0.3) is 0 Å². The van der Waals surface area contributed by atoms with Crippen molar-refractivity contribution in [3.8, 4) is 0 Å². The van der Waals surface area contributed by atoms with Crippen LogP contribution >= 0.6 is 0 Å². The van der Waals surface area contributed by atoms with Crippen LogP contribution in [0.2, 0.25) is 0 Å². The lowest BCUT2D eigenvalue weighted by molar-refractivity contribution is -0.385. The number of nitrogens with zero attached hydrogens (tertiary/aromatic N) is 6.